The summed E-state index contributed by atoms with van der Waals surface area (Å²) in [6.07, 6.45) is 4.14. The van der Waals surface area contributed by atoms with Gasteiger partial charge >= 0.3 is 11.8 Å². The summed E-state index contributed by atoms with van der Waals surface area (Å²) in [4.78, 5) is 29.2. The van der Waals surface area contributed by atoms with Gasteiger partial charge < -0.3 is 34.9 Å². The van der Waals surface area contributed by atoms with Crippen molar-refractivity contribution in [2.24, 2.45) is 5.92 Å². The van der Waals surface area contributed by atoms with E-state index in [0.29, 0.717) is 52.8 Å². The monoisotopic (exact) mass is 602 g/mol. The lowest BCUT2D eigenvalue weighted by atomic mass is 9.99. The summed E-state index contributed by atoms with van der Waals surface area (Å²) < 4.78 is 38.1. The van der Waals surface area contributed by atoms with Crippen molar-refractivity contribution < 1.29 is 32.9 Å². The number of rotatable bonds is 11. The van der Waals surface area contributed by atoms with Crippen LogP contribution in [0.5, 0.6) is 28.7 Å². The number of carbonyl (C=O) groups is 2. The summed E-state index contributed by atoms with van der Waals surface area (Å²) in [7, 11) is 3.12. The summed E-state index contributed by atoms with van der Waals surface area (Å²) in [5.41, 5.74) is 1.53. The molecule has 3 N–H and O–H groups in total. The molecule has 0 bridgehead atoms. The number of aromatic nitrogens is 1. The number of piperidine rings is 1. The molecule has 1 aliphatic rings. The Morgan fingerprint density at radius 2 is 1.73 bits per heavy atom. The third-order valence-electron chi connectivity index (χ3n) is 7.42. The standard InChI is InChI=1S/C33H35FN4O6/c1-41-26-6-4-3-5-22(26)13-17-37-32(39)33(40)38-23-7-9-28(25(34)19-23)44-27-14-18-36-30-24(27)8-10-29(31(30)42-2)43-20-21-11-15-35-16-12-21/h3-10,14,18-19,21,35H,11-13,15-17,20H2,1-2H3,(H,37,39)(H,38,40). The smallest absolute Gasteiger partial charge is 0.313 e. The molecule has 1 aliphatic heterocycles. The van der Waals surface area contributed by atoms with Crippen LogP contribution in [0, 0.1) is 11.7 Å². The molecule has 3 aromatic carbocycles. The number of nitrogens with zero attached hydrogens (tertiary/aromatic N) is 1. The van der Waals surface area contributed by atoms with Gasteiger partial charge in [0.2, 0.25) is 0 Å². The van der Waals surface area contributed by atoms with Crippen molar-refractivity contribution in [2.45, 2.75) is 19.3 Å². The van der Waals surface area contributed by atoms with Crippen LogP contribution in [0.15, 0.2) is 66.9 Å². The predicted molar refractivity (Wildman–Crippen MR) is 164 cm³/mol. The molecule has 11 heteroatoms. The summed E-state index contributed by atoms with van der Waals surface area (Å²) in [6, 6.07) is 16.6. The number of benzene rings is 3. The molecule has 0 spiro atoms. The van der Waals surface area contributed by atoms with E-state index in [1.807, 2.05) is 24.3 Å². The van der Waals surface area contributed by atoms with Gasteiger partial charge in [-0.1, -0.05) is 18.2 Å². The van der Waals surface area contributed by atoms with E-state index in [1.165, 1.54) is 12.1 Å². The summed E-state index contributed by atoms with van der Waals surface area (Å²) >= 11 is 0. The van der Waals surface area contributed by atoms with Crippen LogP contribution >= 0.6 is 0 Å². The Morgan fingerprint density at radius 3 is 2.50 bits per heavy atom. The van der Waals surface area contributed by atoms with Crippen LogP contribution in [0.25, 0.3) is 10.9 Å². The van der Waals surface area contributed by atoms with Gasteiger partial charge in [-0.05, 0) is 80.2 Å². The highest BCUT2D eigenvalue weighted by atomic mass is 19.1. The van der Waals surface area contributed by atoms with Gasteiger partial charge in [-0.15, -0.1) is 0 Å². The maximum atomic E-state index is 15.1. The number of pyridine rings is 1. The topological polar surface area (TPSA) is 120 Å². The Labute approximate surface area is 254 Å². The van der Waals surface area contributed by atoms with Gasteiger partial charge in [-0.2, -0.15) is 0 Å². The molecular formula is C33H35FN4O6. The Morgan fingerprint density at radius 1 is 0.932 bits per heavy atom. The number of ether oxygens (including phenoxy) is 4. The highest BCUT2D eigenvalue weighted by Crippen LogP contribution is 2.40. The minimum atomic E-state index is -0.913. The molecule has 1 saturated heterocycles. The van der Waals surface area contributed by atoms with Crippen LogP contribution < -0.4 is 34.9 Å². The lowest BCUT2D eigenvalue weighted by Crippen LogP contribution is -2.36. The fourth-order valence-electron chi connectivity index (χ4n) is 5.07. The molecule has 0 radical (unpaired) electrons. The van der Waals surface area contributed by atoms with Crippen LogP contribution in [-0.2, 0) is 16.0 Å². The van der Waals surface area contributed by atoms with Crippen LogP contribution in [0.2, 0.25) is 0 Å². The maximum absolute atomic E-state index is 15.1. The summed E-state index contributed by atoms with van der Waals surface area (Å²) in [6.45, 7) is 2.77. The first-order chi connectivity index (χ1) is 21.5. The molecule has 0 unspecified atom stereocenters. The number of hydrogen-bond donors (Lipinski definition) is 3. The Kier molecular flexibility index (Phi) is 10.1. The quantitative estimate of drug-likeness (QED) is 0.208. The first-order valence-electron chi connectivity index (χ1n) is 14.4. The largest absolute Gasteiger partial charge is 0.496 e. The average Bonchev–Trinajstić information content (AvgIpc) is 3.05. The van der Waals surface area contributed by atoms with E-state index in [-0.39, 0.29) is 18.0 Å². The lowest BCUT2D eigenvalue weighted by molar-refractivity contribution is -0.136. The number of fused-ring (bicyclic) bond motifs is 1. The fourth-order valence-corrected chi connectivity index (χ4v) is 5.07. The second-order valence-electron chi connectivity index (χ2n) is 10.3. The zero-order chi connectivity index (χ0) is 30.9. The number of anilines is 1. The van der Waals surface area contributed by atoms with E-state index >= 15 is 4.39 Å². The lowest BCUT2D eigenvalue weighted by Gasteiger charge is -2.23. The number of para-hydroxylation sites is 1. The van der Waals surface area contributed by atoms with Crippen molar-refractivity contribution in [3.8, 4) is 28.7 Å². The molecule has 44 heavy (non-hydrogen) atoms. The van der Waals surface area contributed by atoms with Crippen molar-refractivity contribution in [1.82, 2.24) is 15.6 Å². The molecule has 0 atom stereocenters. The van der Waals surface area contributed by atoms with Crippen LogP contribution in [0.3, 0.4) is 0 Å². The molecule has 1 aromatic heterocycles. The maximum Gasteiger partial charge on any atom is 0.313 e. The third-order valence-corrected chi connectivity index (χ3v) is 7.42. The van der Waals surface area contributed by atoms with Crippen molar-refractivity contribution in [3.05, 3.63) is 78.2 Å². The predicted octanol–water partition coefficient (Wildman–Crippen LogP) is 4.86. The number of nitrogens with one attached hydrogen (secondary N) is 3. The zero-order valence-corrected chi connectivity index (χ0v) is 24.7. The minimum absolute atomic E-state index is 0.0676. The molecule has 0 saturated carbocycles. The fraction of sp³-hybridized carbons (Fsp3) is 0.303. The molecule has 2 amide bonds. The number of methoxy groups -OCH3 is 2. The van der Waals surface area contributed by atoms with Gasteiger partial charge in [0.25, 0.3) is 0 Å². The summed E-state index contributed by atoms with van der Waals surface area (Å²) in [5, 5.41) is 8.94. The molecular weight excluding hydrogens is 567 g/mol. The third kappa shape index (κ3) is 7.35. The van der Waals surface area contributed by atoms with Crippen molar-refractivity contribution in [3.63, 3.8) is 0 Å². The molecule has 0 aliphatic carbocycles. The Balaban J connectivity index is 1.21. The molecule has 2 heterocycles. The normalized spacial score (nSPS) is 13.2. The van der Waals surface area contributed by atoms with Crippen LogP contribution in [0.4, 0.5) is 10.1 Å². The van der Waals surface area contributed by atoms with E-state index in [0.717, 1.165) is 37.6 Å². The first-order valence-corrected chi connectivity index (χ1v) is 14.4. The number of halogens is 1. The van der Waals surface area contributed by atoms with Crippen molar-refractivity contribution in [2.75, 3.05) is 45.8 Å². The average molecular weight is 603 g/mol. The molecule has 5 rings (SSSR count). The van der Waals surface area contributed by atoms with Gasteiger partial charge in [0.05, 0.1) is 20.8 Å². The van der Waals surface area contributed by atoms with Gasteiger partial charge in [0.1, 0.15) is 17.0 Å². The van der Waals surface area contributed by atoms with E-state index in [2.05, 4.69) is 20.9 Å². The Hall–Kier alpha value is -4.90. The molecule has 4 aromatic rings. The van der Waals surface area contributed by atoms with E-state index in [1.54, 1.807) is 38.6 Å². The van der Waals surface area contributed by atoms with Gasteiger partial charge in [0, 0.05) is 29.9 Å². The zero-order valence-electron chi connectivity index (χ0n) is 24.7. The first kappa shape index (κ1) is 30.6. The van der Waals surface area contributed by atoms with Gasteiger partial charge in [0.15, 0.2) is 23.1 Å². The molecule has 1 fully saturated rings. The molecule has 10 nitrogen and oxygen atoms in total. The van der Waals surface area contributed by atoms with E-state index in [9.17, 15) is 9.59 Å². The van der Waals surface area contributed by atoms with E-state index < -0.39 is 17.6 Å². The highest BCUT2D eigenvalue weighted by Gasteiger charge is 2.19. The second kappa shape index (κ2) is 14.5. The van der Waals surface area contributed by atoms with Crippen molar-refractivity contribution in [1.29, 1.82) is 0 Å². The SMILES string of the molecule is COc1ccccc1CCNC(=O)C(=O)Nc1ccc(Oc2ccnc3c(OC)c(OCC4CCNCC4)ccc23)c(F)c1. The number of amides is 2. The van der Waals surface area contributed by atoms with E-state index in [4.69, 9.17) is 18.9 Å². The van der Waals surface area contributed by atoms with Crippen LogP contribution in [-0.4, -0.2) is 57.3 Å². The molecule has 230 valence electrons. The van der Waals surface area contributed by atoms with Crippen molar-refractivity contribution >= 4 is 28.4 Å². The minimum Gasteiger partial charge on any atom is -0.496 e. The van der Waals surface area contributed by atoms with Gasteiger partial charge in [-0.3, -0.25) is 14.6 Å². The highest BCUT2D eigenvalue weighted by molar-refractivity contribution is 6.39. The van der Waals surface area contributed by atoms with Gasteiger partial charge in [-0.25, -0.2) is 4.39 Å². The number of carbonyl (C=O) groups excluding carboxylic acids is 2. The Bertz CT molecular complexity index is 1630. The second-order valence-corrected chi connectivity index (χ2v) is 10.3. The van der Waals surface area contributed by atoms with Crippen LogP contribution in [0.1, 0.15) is 18.4 Å². The number of hydrogen-bond acceptors (Lipinski definition) is 8. The summed E-state index contributed by atoms with van der Waals surface area (Å²) in [5.74, 6) is 0.0436.